The van der Waals surface area contributed by atoms with Crippen molar-refractivity contribution in [2.75, 3.05) is 13.2 Å². The van der Waals surface area contributed by atoms with E-state index in [-0.39, 0.29) is 5.41 Å². The molecule has 0 aliphatic rings. The predicted molar refractivity (Wildman–Crippen MR) is 104 cm³/mol. The van der Waals surface area contributed by atoms with E-state index in [1.165, 1.54) is 11.6 Å². The van der Waals surface area contributed by atoms with Crippen LogP contribution in [0, 0.1) is 0 Å². The third-order valence-electron chi connectivity index (χ3n) is 4.45. The van der Waals surface area contributed by atoms with Crippen LogP contribution < -0.4 is 9.47 Å². The predicted octanol–water partition coefficient (Wildman–Crippen LogP) is 4.93. The quantitative estimate of drug-likeness (QED) is 0.512. The van der Waals surface area contributed by atoms with Gasteiger partial charge in [-0.25, -0.2) is 4.79 Å². The minimum Gasteiger partial charge on any atom is -0.490 e. The number of benzene rings is 2. The third kappa shape index (κ3) is 5.66. The Morgan fingerprint density at radius 2 is 1.69 bits per heavy atom. The number of hydrogen-bond donors (Lipinski definition) is 1. The van der Waals surface area contributed by atoms with Crippen molar-refractivity contribution in [3.05, 3.63) is 65.7 Å². The lowest BCUT2D eigenvalue weighted by Crippen LogP contribution is -2.15. The molecule has 4 heteroatoms. The Bertz CT molecular complexity index is 745. The second-order valence-corrected chi connectivity index (χ2v) is 6.67. The lowest BCUT2D eigenvalue weighted by atomic mass is 9.82. The van der Waals surface area contributed by atoms with E-state index in [4.69, 9.17) is 14.6 Å². The molecule has 2 aromatic rings. The summed E-state index contributed by atoms with van der Waals surface area (Å²) in [5.41, 5.74) is 2.18. The topological polar surface area (TPSA) is 55.8 Å². The van der Waals surface area contributed by atoms with Crippen LogP contribution in [0.5, 0.6) is 11.5 Å². The largest absolute Gasteiger partial charge is 0.490 e. The molecule has 0 saturated heterocycles. The molecule has 26 heavy (non-hydrogen) atoms. The van der Waals surface area contributed by atoms with Gasteiger partial charge in [-0.3, -0.25) is 0 Å². The zero-order valence-corrected chi connectivity index (χ0v) is 15.6. The van der Waals surface area contributed by atoms with E-state index in [9.17, 15) is 4.79 Å². The Hall–Kier alpha value is -2.75. The fourth-order valence-corrected chi connectivity index (χ4v) is 2.43. The van der Waals surface area contributed by atoms with Crippen LogP contribution in [0.3, 0.4) is 0 Å². The summed E-state index contributed by atoms with van der Waals surface area (Å²) < 4.78 is 11.4. The summed E-state index contributed by atoms with van der Waals surface area (Å²) >= 11 is 0. The van der Waals surface area contributed by atoms with E-state index in [0.717, 1.165) is 23.8 Å². The summed E-state index contributed by atoms with van der Waals surface area (Å²) in [7, 11) is 0. The first-order valence-corrected chi connectivity index (χ1v) is 8.78. The zero-order valence-electron chi connectivity index (χ0n) is 15.6. The molecule has 0 fully saturated rings. The Labute approximate surface area is 155 Å². The average molecular weight is 354 g/mol. The van der Waals surface area contributed by atoms with E-state index >= 15 is 0 Å². The Morgan fingerprint density at radius 1 is 1.04 bits per heavy atom. The number of ether oxygens (including phenoxy) is 2. The maximum Gasteiger partial charge on any atom is 0.328 e. The van der Waals surface area contributed by atoms with Gasteiger partial charge in [0.25, 0.3) is 0 Å². The molecule has 0 amide bonds. The van der Waals surface area contributed by atoms with E-state index in [2.05, 4.69) is 32.9 Å². The fraction of sp³-hybridized carbons (Fsp3) is 0.318. The number of rotatable bonds is 9. The molecule has 0 spiro atoms. The Balaban J connectivity index is 1.87. The maximum absolute atomic E-state index is 10.7. The molecule has 138 valence electrons. The lowest BCUT2D eigenvalue weighted by Gasteiger charge is -2.23. The number of carboxylic acids is 1. The molecule has 0 saturated carbocycles. The van der Waals surface area contributed by atoms with Gasteiger partial charge in [0.15, 0.2) is 0 Å². The van der Waals surface area contributed by atoms with Crippen LogP contribution >= 0.6 is 0 Å². The number of aliphatic carboxylic acids is 1. The second kappa shape index (κ2) is 9.09. The van der Waals surface area contributed by atoms with Gasteiger partial charge in [0, 0.05) is 11.6 Å². The number of carboxylic acid groups (broad SMARTS) is 1. The van der Waals surface area contributed by atoms with Crippen molar-refractivity contribution in [2.45, 2.75) is 32.6 Å². The molecular formula is C22H26O4. The van der Waals surface area contributed by atoms with Gasteiger partial charge in [0.05, 0.1) is 0 Å². The third-order valence-corrected chi connectivity index (χ3v) is 4.45. The first kappa shape index (κ1) is 19.6. The van der Waals surface area contributed by atoms with Crippen molar-refractivity contribution in [3.63, 3.8) is 0 Å². The highest BCUT2D eigenvalue weighted by Gasteiger charge is 2.17. The van der Waals surface area contributed by atoms with Crippen molar-refractivity contribution >= 4 is 12.0 Å². The van der Waals surface area contributed by atoms with Gasteiger partial charge >= 0.3 is 5.97 Å². The first-order valence-electron chi connectivity index (χ1n) is 8.78. The highest BCUT2D eigenvalue weighted by molar-refractivity contribution is 5.85. The number of hydrogen-bond acceptors (Lipinski definition) is 3. The summed E-state index contributed by atoms with van der Waals surface area (Å²) in [6.07, 6.45) is 3.70. The van der Waals surface area contributed by atoms with Crippen molar-refractivity contribution in [2.24, 2.45) is 0 Å². The maximum atomic E-state index is 10.7. The van der Waals surface area contributed by atoms with Crippen LogP contribution in [0.1, 0.15) is 38.3 Å². The van der Waals surface area contributed by atoms with Crippen LogP contribution in [0.2, 0.25) is 0 Å². The molecule has 0 unspecified atom stereocenters. The Kier molecular flexibility index (Phi) is 6.84. The molecular weight excluding hydrogens is 328 g/mol. The number of carbonyl (C=O) groups is 1. The van der Waals surface area contributed by atoms with E-state index in [1.807, 2.05) is 36.4 Å². The molecule has 0 aromatic heterocycles. The zero-order chi connectivity index (χ0) is 19.0. The highest BCUT2D eigenvalue weighted by Crippen LogP contribution is 2.28. The molecule has 2 rings (SSSR count). The highest BCUT2D eigenvalue weighted by atomic mass is 16.5. The van der Waals surface area contributed by atoms with Crippen LogP contribution in [0.4, 0.5) is 0 Å². The molecule has 4 nitrogen and oxygen atoms in total. The van der Waals surface area contributed by atoms with Crippen LogP contribution in [-0.4, -0.2) is 24.3 Å². The number of para-hydroxylation sites is 1. The molecule has 0 aliphatic carbocycles. The SMILES string of the molecule is CCC(C)(C)c1ccc(OCCOc2ccccc2C=CC(=O)O)cc1. The molecule has 0 heterocycles. The normalized spacial score (nSPS) is 11.5. The fourth-order valence-electron chi connectivity index (χ4n) is 2.43. The smallest absolute Gasteiger partial charge is 0.328 e. The average Bonchev–Trinajstić information content (AvgIpc) is 2.64. The van der Waals surface area contributed by atoms with Crippen LogP contribution in [0.25, 0.3) is 6.08 Å². The van der Waals surface area contributed by atoms with Gasteiger partial charge in [-0.05, 0) is 41.7 Å². The second-order valence-electron chi connectivity index (χ2n) is 6.67. The van der Waals surface area contributed by atoms with Gasteiger partial charge in [-0.15, -0.1) is 0 Å². The molecule has 0 bridgehead atoms. The minimum absolute atomic E-state index is 0.162. The van der Waals surface area contributed by atoms with Gasteiger partial charge < -0.3 is 14.6 Å². The summed E-state index contributed by atoms with van der Waals surface area (Å²) in [5.74, 6) is 0.454. The first-order chi connectivity index (χ1) is 12.4. The van der Waals surface area contributed by atoms with E-state index in [1.54, 1.807) is 0 Å². The molecule has 0 aliphatic heterocycles. The summed E-state index contributed by atoms with van der Waals surface area (Å²) in [5, 5.41) is 8.74. The minimum atomic E-state index is -0.988. The molecule has 0 radical (unpaired) electrons. The van der Waals surface area contributed by atoms with E-state index < -0.39 is 5.97 Å². The Morgan fingerprint density at radius 3 is 2.35 bits per heavy atom. The van der Waals surface area contributed by atoms with Crippen molar-refractivity contribution < 1.29 is 19.4 Å². The van der Waals surface area contributed by atoms with Crippen molar-refractivity contribution in [3.8, 4) is 11.5 Å². The van der Waals surface area contributed by atoms with Crippen LogP contribution in [-0.2, 0) is 10.2 Å². The van der Waals surface area contributed by atoms with E-state index in [0.29, 0.717) is 19.0 Å². The summed E-state index contributed by atoms with van der Waals surface area (Å²) in [6.45, 7) is 7.43. The van der Waals surface area contributed by atoms with Gasteiger partial charge in [0.2, 0.25) is 0 Å². The standard InChI is InChI=1S/C22H26O4/c1-4-22(2,3)18-10-12-19(13-11-18)25-15-16-26-20-8-6-5-7-17(20)9-14-21(23)24/h5-14H,4,15-16H2,1-3H3,(H,23,24). The van der Waals surface area contributed by atoms with Crippen molar-refractivity contribution in [1.82, 2.24) is 0 Å². The van der Waals surface area contributed by atoms with Gasteiger partial charge in [0.1, 0.15) is 24.7 Å². The monoisotopic (exact) mass is 354 g/mol. The van der Waals surface area contributed by atoms with Crippen molar-refractivity contribution in [1.29, 1.82) is 0 Å². The lowest BCUT2D eigenvalue weighted by molar-refractivity contribution is -0.131. The van der Waals surface area contributed by atoms with Crippen LogP contribution in [0.15, 0.2) is 54.6 Å². The summed E-state index contributed by atoms with van der Waals surface area (Å²) in [4.78, 5) is 10.7. The van der Waals surface area contributed by atoms with Gasteiger partial charge in [-0.2, -0.15) is 0 Å². The van der Waals surface area contributed by atoms with Gasteiger partial charge in [-0.1, -0.05) is 51.1 Å². The molecule has 1 N–H and O–H groups in total. The molecule has 2 aromatic carbocycles. The molecule has 0 atom stereocenters. The summed E-state index contributed by atoms with van der Waals surface area (Å²) in [6, 6.07) is 15.5.